The summed E-state index contributed by atoms with van der Waals surface area (Å²) in [7, 11) is 0. The number of esters is 1. The van der Waals surface area contributed by atoms with Crippen LogP contribution in [-0.4, -0.2) is 29.2 Å². The maximum absolute atomic E-state index is 12.7. The molecule has 0 aliphatic rings. The Morgan fingerprint density at radius 3 is 2.35 bits per heavy atom. The Morgan fingerprint density at radius 1 is 0.971 bits per heavy atom. The molecule has 176 valence electrons. The third kappa shape index (κ3) is 5.55. The lowest BCUT2D eigenvalue weighted by Gasteiger charge is -2.16. The number of hydrogen-bond donors (Lipinski definition) is 1. The van der Waals surface area contributed by atoms with E-state index < -0.39 is 5.97 Å². The number of ether oxygens (including phenoxy) is 3. The van der Waals surface area contributed by atoms with Gasteiger partial charge < -0.3 is 19.5 Å². The summed E-state index contributed by atoms with van der Waals surface area (Å²) in [6.07, 6.45) is 1.49. The van der Waals surface area contributed by atoms with Crippen molar-refractivity contribution in [3.8, 4) is 17.2 Å². The Morgan fingerprint density at radius 2 is 1.68 bits per heavy atom. The van der Waals surface area contributed by atoms with Crippen LogP contribution in [0.1, 0.15) is 29.9 Å². The van der Waals surface area contributed by atoms with Gasteiger partial charge in [0.25, 0.3) is 0 Å². The standard InChI is InChI=1S/C26H25N3O4.ClH/c1-4-31-23-15-21-24(22(26(30)32-5-2)16-27-25(21)28-17(23)3)29-18-11-13-20(14-12-18)33-19-9-7-6-8-10-19;/h6-16H,4-5H2,1-3H3,(H,27,28,29);1H. The molecule has 0 aliphatic carbocycles. The maximum atomic E-state index is 12.7. The zero-order chi connectivity index (χ0) is 23.2. The topological polar surface area (TPSA) is 82.6 Å². The largest absolute Gasteiger partial charge is 0.492 e. The van der Waals surface area contributed by atoms with Gasteiger partial charge in [-0.2, -0.15) is 0 Å². The smallest absolute Gasteiger partial charge is 0.341 e. The third-order valence-corrected chi connectivity index (χ3v) is 4.90. The first-order valence-corrected chi connectivity index (χ1v) is 10.8. The van der Waals surface area contributed by atoms with Crippen molar-refractivity contribution in [3.63, 3.8) is 0 Å². The van der Waals surface area contributed by atoms with Crippen LogP contribution in [0.25, 0.3) is 11.0 Å². The minimum atomic E-state index is -0.461. The van der Waals surface area contributed by atoms with Gasteiger partial charge in [0.15, 0.2) is 5.65 Å². The average molecular weight is 480 g/mol. The Labute approximate surface area is 204 Å². The molecule has 0 saturated carbocycles. The van der Waals surface area contributed by atoms with Crippen LogP contribution in [0.4, 0.5) is 11.4 Å². The number of rotatable bonds is 8. The minimum absolute atomic E-state index is 0. The number of anilines is 2. The first-order valence-electron chi connectivity index (χ1n) is 10.8. The number of nitrogens with zero attached hydrogens (tertiary/aromatic N) is 2. The van der Waals surface area contributed by atoms with Gasteiger partial charge in [-0.25, -0.2) is 14.8 Å². The second-order valence-electron chi connectivity index (χ2n) is 7.21. The van der Waals surface area contributed by atoms with Crippen molar-refractivity contribution in [2.24, 2.45) is 0 Å². The van der Waals surface area contributed by atoms with Crippen molar-refractivity contribution in [2.45, 2.75) is 20.8 Å². The first kappa shape index (κ1) is 24.8. The number of fused-ring (bicyclic) bond motifs is 1. The lowest BCUT2D eigenvalue weighted by Crippen LogP contribution is -2.10. The third-order valence-electron chi connectivity index (χ3n) is 4.90. The van der Waals surface area contributed by atoms with Crippen LogP contribution in [0.15, 0.2) is 66.9 Å². The molecule has 34 heavy (non-hydrogen) atoms. The van der Waals surface area contributed by atoms with E-state index in [0.29, 0.717) is 40.4 Å². The van der Waals surface area contributed by atoms with E-state index in [-0.39, 0.29) is 19.0 Å². The fourth-order valence-corrected chi connectivity index (χ4v) is 3.37. The molecular weight excluding hydrogens is 454 g/mol. The van der Waals surface area contributed by atoms with E-state index in [0.717, 1.165) is 17.1 Å². The average Bonchev–Trinajstić information content (AvgIpc) is 2.82. The summed E-state index contributed by atoms with van der Waals surface area (Å²) in [5.74, 6) is 1.64. The Hall–Kier alpha value is -3.84. The van der Waals surface area contributed by atoms with Crippen LogP contribution in [0, 0.1) is 6.92 Å². The van der Waals surface area contributed by atoms with Gasteiger partial charge in [-0.15, -0.1) is 12.4 Å². The number of halogens is 1. The van der Waals surface area contributed by atoms with Gasteiger partial charge in [0.05, 0.1) is 24.6 Å². The highest BCUT2D eigenvalue weighted by Crippen LogP contribution is 2.33. The second-order valence-corrected chi connectivity index (χ2v) is 7.21. The van der Waals surface area contributed by atoms with Gasteiger partial charge in [-0.1, -0.05) is 18.2 Å². The summed E-state index contributed by atoms with van der Waals surface area (Å²) >= 11 is 0. The van der Waals surface area contributed by atoms with Crippen molar-refractivity contribution in [1.29, 1.82) is 0 Å². The molecule has 1 N–H and O–H groups in total. The van der Waals surface area contributed by atoms with Gasteiger partial charge in [-0.05, 0) is 63.2 Å². The maximum Gasteiger partial charge on any atom is 0.341 e. The Bertz CT molecular complexity index is 1260. The van der Waals surface area contributed by atoms with Crippen LogP contribution in [0.5, 0.6) is 17.2 Å². The van der Waals surface area contributed by atoms with E-state index in [4.69, 9.17) is 14.2 Å². The molecule has 0 fully saturated rings. The Balaban J connectivity index is 0.00000324. The number of carbonyl (C=O) groups is 1. The molecule has 0 spiro atoms. The summed E-state index contributed by atoms with van der Waals surface area (Å²) in [4.78, 5) is 21.6. The molecular formula is C26H26ClN3O4. The highest BCUT2D eigenvalue weighted by molar-refractivity contribution is 6.05. The lowest BCUT2D eigenvalue weighted by atomic mass is 10.1. The normalized spacial score (nSPS) is 10.3. The number of aryl methyl sites for hydroxylation is 1. The van der Waals surface area contributed by atoms with E-state index in [1.807, 2.05) is 74.5 Å². The number of benzene rings is 2. The molecule has 0 amide bonds. The monoisotopic (exact) mass is 479 g/mol. The second kappa shape index (κ2) is 11.3. The summed E-state index contributed by atoms with van der Waals surface area (Å²) in [6.45, 7) is 6.31. The van der Waals surface area contributed by atoms with Crippen LogP contribution in [0.3, 0.4) is 0 Å². The Kier molecular flexibility index (Phi) is 8.27. The number of aromatic nitrogens is 2. The number of carbonyl (C=O) groups excluding carboxylic acids is 1. The molecule has 2 heterocycles. The van der Waals surface area contributed by atoms with Crippen LogP contribution in [-0.2, 0) is 4.74 Å². The predicted molar refractivity (Wildman–Crippen MR) is 135 cm³/mol. The van der Waals surface area contributed by atoms with Crippen molar-refractivity contribution < 1.29 is 19.0 Å². The van der Waals surface area contributed by atoms with Crippen molar-refractivity contribution in [1.82, 2.24) is 9.97 Å². The summed E-state index contributed by atoms with van der Waals surface area (Å²) in [5, 5.41) is 4.01. The fourth-order valence-electron chi connectivity index (χ4n) is 3.37. The van der Waals surface area contributed by atoms with Gasteiger partial charge in [0, 0.05) is 17.3 Å². The zero-order valence-corrected chi connectivity index (χ0v) is 20.0. The summed E-state index contributed by atoms with van der Waals surface area (Å²) in [5.41, 5.74) is 2.89. The van der Waals surface area contributed by atoms with Crippen molar-refractivity contribution in [3.05, 3.63) is 78.1 Å². The fraction of sp³-hybridized carbons (Fsp3) is 0.192. The molecule has 0 atom stereocenters. The number of pyridine rings is 2. The van der Waals surface area contributed by atoms with Crippen LogP contribution < -0.4 is 14.8 Å². The van der Waals surface area contributed by atoms with E-state index >= 15 is 0 Å². The SMILES string of the molecule is CCOC(=O)c1cnc2nc(C)c(OCC)cc2c1Nc1ccc(Oc2ccccc2)cc1.Cl. The molecule has 2 aromatic carbocycles. The van der Waals surface area contributed by atoms with Crippen LogP contribution in [0.2, 0.25) is 0 Å². The van der Waals surface area contributed by atoms with Gasteiger partial charge in [0.1, 0.15) is 22.8 Å². The molecule has 4 rings (SSSR count). The predicted octanol–water partition coefficient (Wildman–Crippen LogP) is 6.47. The van der Waals surface area contributed by atoms with Gasteiger partial charge in [0.2, 0.25) is 0 Å². The summed E-state index contributed by atoms with van der Waals surface area (Å²) in [6, 6.07) is 18.9. The van der Waals surface area contributed by atoms with E-state index in [2.05, 4.69) is 15.3 Å². The molecule has 0 saturated heterocycles. The quantitative estimate of drug-likeness (QED) is 0.290. The molecule has 0 radical (unpaired) electrons. The number of para-hydroxylation sites is 1. The van der Waals surface area contributed by atoms with E-state index in [1.165, 1.54) is 6.20 Å². The van der Waals surface area contributed by atoms with Crippen molar-refractivity contribution in [2.75, 3.05) is 18.5 Å². The summed E-state index contributed by atoms with van der Waals surface area (Å²) < 4.78 is 16.8. The lowest BCUT2D eigenvalue weighted by molar-refractivity contribution is 0.0527. The molecule has 0 aliphatic heterocycles. The molecule has 4 aromatic rings. The van der Waals surface area contributed by atoms with Gasteiger partial charge in [-0.3, -0.25) is 0 Å². The highest BCUT2D eigenvalue weighted by Gasteiger charge is 2.19. The highest BCUT2D eigenvalue weighted by atomic mass is 35.5. The molecule has 7 nitrogen and oxygen atoms in total. The first-order chi connectivity index (χ1) is 16.1. The van der Waals surface area contributed by atoms with E-state index in [1.54, 1.807) is 6.92 Å². The molecule has 2 aromatic heterocycles. The van der Waals surface area contributed by atoms with Crippen LogP contribution >= 0.6 is 12.4 Å². The van der Waals surface area contributed by atoms with Crippen molar-refractivity contribution >= 4 is 40.8 Å². The minimum Gasteiger partial charge on any atom is -0.492 e. The molecule has 0 bridgehead atoms. The molecule has 8 heteroatoms. The van der Waals surface area contributed by atoms with Gasteiger partial charge >= 0.3 is 5.97 Å². The number of hydrogen-bond acceptors (Lipinski definition) is 7. The zero-order valence-electron chi connectivity index (χ0n) is 19.2. The molecule has 0 unspecified atom stereocenters. The van der Waals surface area contributed by atoms with E-state index in [9.17, 15) is 4.79 Å². The number of nitrogens with one attached hydrogen (secondary N) is 1.